The van der Waals surface area contributed by atoms with Crippen molar-refractivity contribution < 1.29 is 9.53 Å². The molecule has 0 radical (unpaired) electrons. The van der Waals surface area contributed by atoms with Gasteiger partial charge >= 0.3 is 0 Å². The molecule has 0 unspecified atom stereocenters. The first-order valence-corrected chi connectivity index (χ1v) is 6.07. The van der Waals surface area contributed by atoms with Crippen LogP contribution in [0.2, 0.25) is 0 Å². The minimum absolute atomic E-state index is 0.234. The second kappa shape index (κ2) is 6.53. The van der Waals surface area contributed by atoms with Gasteiger partial charge in [0.05, 0.1) is 12.7 Å². The van der Waals surface area contributed by atoms with Gasteiger partial charge in [0.2, 0.25) is 0 Å². The van der Waals surface area contributed by atoms with Crippen molar-refractivity contribution in [2.75, 3.05) is 12.5 Å². The first kappa shape index (κ1) is 13.8. The number of hydrogen-bond donors (Lipinski definition) is 3. The van der Waals surface area contributed by atoms with Gasteiger partial charge in [-0.3, -0.25) is 4.79 Å². The fourth-order valence-corrected chi connectivity index (χ4v) is 1.72. The molecule has 0 atom stereocenters. The van der Waals surface area contributed by atoms with Crippen LogP contribution < -0.4 is 21.3 Å². The Hall–Kier alpha value is -2.60. The van der Waals surface area contributed by atoms with Gasteiger partial charge in [-0.25, -0.2) is 10.8 Å². The quantitative estimate of drug-likeness (QED) is 0.564. The second-order valence-electron chi connectivity index (χ2n) is 4.07. The Morgan fingerprint density at radius 3 is 2.70 bits per heavy atom. The van der Waals surface area contributed by atoms with Gasteiger partial charge in [0.15, 0.2) is 5.82 Å². The highest BCUT2D eigenvalue weighted by Gasteiger charge is 2.10. The third-order valence-corrected chi connectivity index (χ3v) is 2.80. The number of nitrogens with two attached hydrogens (primary N) is 1. The summed E-state index contributed by atoms with van der Waals surface area (Å²) in [4.78, 5) is 16.0. The minimum Gasteiger partial charge on any atom is -0.497 e. The lowest BCUT2D eigenvalue weighted by atomic mass is 10.2. The summed E-state index contributed by atoms with van der Waals surface area (Å²) in [6, 6.07) is 10.8. The highest BCUT2D eigenvalue weighted by atomic mass is 16.5. The summed E-state index contributed by atoms with van der Waals surface area (Å²) < 4.78 is 5.08. The summed E-state index contributed by atoms with van der Waals surface area (Å²) in [5, 5.41) is 2.81. The first-order chi connectivity index (χ1) is 9.74. The number of nitrogens with zero attached hydrogens (tertiary/aromatic N) is 1. The number of carbonyl (C=O) groups excluding carboxylic acids is 1. The maximum Gasteiger partial charge on any atom is 0.255 e. The summed E-state index contributed by atoms with van der Waals surface area (Å²) >= 11 is 0. The topological polar surface area (TPSA) is 89.3 Å². The van der Waals surface area contributed by atoms with E-state index in [1.807, 2.05) is 24.3 Å². The molecule has 1 heterocycles. The molecule has 1 aromatic heterocycles. The molecule has 6 nitrogen and oxygen atoms in total. The number of carbonyl (C=O) groups is 1. The Balaban J connectivity index is 2.01. The average molecular weight is 272 g/mol. The minimum atomic E-state index is -0.234. The number of amides is 1. The van der Waals surface area contributed by atoms with Crippen LogP contribution >= 0.6 is 0 Å². The van der Waals surface area contributed by atoms with E-state index in [0.29, 0.717) is 17.9 Å². The molecule has 0 aliphatic carbocycles. The molecule has 2 aromatic rings. The van der Waals surface area contributed by atoms with Gasteiger partial charge in [-0.1, -0.05) is 12.1 Å². The number of hydrazine groups is 1. The number of nitrogens with one attached hydrogen (secondary N) is 2. The van der Waals surface area contributed by atoms with Crippen molar-refractivity contribution in [3.8, 4) is 5.75 Å². The van der Waals surface area contributed by atoms with E-state index in [9.17, 15) is 4.79 Å². The number of rotatable bonds is 5. The van der Waals surface area contributed by atoms with Crippen LogP contribution in [-0.2, 0) is 6.54 Å². The van der Waals surface area contributed by atoms with E-state index < -0.39 is 0 Å². The van der Waals surface area contributed by atoms with Crippen molar-refractivity contribution in [2.45, 2.75) is 6.54 Å². The van der Waals surface area contributed by atoms with Crippen molar-refractivity contribution in [2.24, 2.45) is 5.84 Å². The summed E-state index contributed by atoms with van der Waals surface area (Å²) in [5.41, 5.74) is 3.78. The second-order valence-corrected chi connectivity index (χ2v) is 4.07. The third kappa shape index (κ3) is 3.24. The number of anilines is 1. The number of ether oxygens (including phenoxy) is 1. The van der Waals surface area contributed by atoms with Gasteiger partial charge in [-0.05, 0) is 29.8 Å². The lowest BCUT2D eigenvalue weighted by molar-refractivity contribution is 0.0951. The van der Waals surface area contributed by atoms with Crippen LogP contribution in [0.15, 0.2) is 42.6 Å². The Labute approximate surface area is 116 Å². The molecule has 1 amide bonds. The fourth-order valence-electron chi connectivity index (χ4n) is 1.72. The molecule has 0 bridgehead atoms. The van der Waals surface area contributed by atoms with Crippen LogP contribution in [0.4, 0.5) is 5.82 Å². The molecule has 1 aromatic carbocycles. The molecule has 0 saturated heterocycles. The van der Waals surface area contributed by atoms with Gasteiger partial charge < -0.3 is 15.5 Å². The van der Waals surface area contributed by atoms with Crippen LogP contribution in [0.25, 0.3) is 0 Å². The van der Waals surface area contributed by atoms with Gasteiger partial charge in [0.25, 0.3) is 5.91 Å². The number of nitrogen functional groups attached to an aromatic ring is 1. The third-order valence-electron chi connectivity index (χ3n) is 2.80. The van der Waals surface area contributed by atoms with Crippen molar-refractivity contribution in [1.82, 2.24) is 10.3 Å². The van der Waals surface area contributed by atoms with E-state index in [4.69, 9.17) is 10.6 Å². The Kier molecular flexibility index (Phi) is 4.52. The predicted octanol–water partition coefficient (Wildman–Crippen LogP) is 1.31. The molecular formula is C14H16N4O2. The molecule has 0 aliphatic heterocycles. The van der Waals surface area contributed by atoms with Crippen molar-refractivity contribution in [1.29, 1.82) is 0 Å². The molecule has 4 N–H and O–H groups in total. The van der Waals surface area contributed by atoms with E-state index in [1.54, 1.807) is 25.4 Å². The SMILES string of the molecule is COc1ccc(CNC(=O)c2cccnc2NN)cc1. The molecule has 0 fully saturated rings. The smallest absolute Gasteiger partial charge is 0.255 e. The zero-order valence-corrected chi connectivity index (χ0v) is 11.1. The number of pyridine rings is 1. The summed E-state index contributed by atoms with van der Waals surface area (Å²) in [6.45, 7) is 0.418. The van der Waals surface area contributed by atoms with Crippen molar-refractivity contribution in [3.05, 3.63) is 53.7 Å². The fraction of sp³-hybridized carbons (Fsp3) is 0.143. The monoisotopic (exact) mass is 272 g/mol. The maximum absolute atomic E-state index is 12.0. The van der Waals surface area contributed by atoms with Gasteiger partial charge in [0.1, 0.15) is 5.75 Å². The predicted molar refractivity (Wildman–Crippen MR) is 76.2 cm³/mol. The summed E-state index contributed by atoms with van der Waals surface area (Å²) in [6.07, 6.45) is 1.56. The standard InChI is InChI=1S/C14H16N4O2/c1-20-11-6-4-10(5-7-11)9-17-14(19)12-3-2-8-16-13(12)18-15/h2-8H,9,15H2,1H3,(H,16,18)(H,17,19). The molecule has 104 valence electrons. The van der Waals surface area contributed by atoms with Crippen molar-refractivity contribution in [3.63, 3.8) is 0 Å². The van der Waals surface area contributed by atoms with E-state index in [-0.39, 0.29) is 5.91 Å². The van der Waals surface area contributed by atoms with Crippen LogP contribution in [0.1, 0.15) is 15.9 Å². The molecule has 0 saturated carbocycles. The Morgan fingerprint density at radius 2 is 2.05 bits per heavy atom. The normalized spacial score (nSPS) is 9.90. The highest BCUT2D eigenvalue weighted by molar-refractivity contribution is 5.98. The van der Waals surface area contributed by atoms with Crippen molar-refractivity contribution >= 4 is 11.7 Å². The molecule has 20 heavy (non-hydrogen) atoms. The zero-order chi connectivity index (χ0) is 14.4. The Bertz CT molecular complexity index is 584. The van der Waals surface area contributed by atoms with Crippen LogP contribution in [0.5, 0.6) is 5.75 Å². The number of hydrogen-bond acceptors (Lipinski definition) is 5. The maximum atomic E-state index is 12.0. The number of aromatic nitrogens is 1. The van der Waals surface area contributed by atoms with Gasteiger partial charge in [-0.15, -0.1) is 0 Å². The average Bonchev–Trinajstić information content (AvgIpc) is 2.53. The lowest BCUT2D eigenvalue weighted by Crippen LogP contribution is -2.25. The van der Waals surface area contributed by atoms with E-state index in [1.165, 1.54) is 0 Å². The summed E-state index contributed by atoms with van der Waals surface area (Å²) in [7, 11) is 1.61. The zero-order valence-electron chi connectivity index (χ0n) is 11.1. The molecule has 2 rings (SSSR count). The molecule has 6 heteroatoms. The number of benzene rings is 1. The van der Waals surface area contributed by atoms with Gasteiger partial charge in [0, 0.05) is 12.7 Å². The molecule has 0 spiro atoms. The summed E-state index contributed by atoms with van der Waals surface area (Å²) in [5.74, 6) is 6.21. The number of methoxy groups -OCH3 is 1. The van der Waals surface area contributed by atoms with Crippen LogP contribution in [-0.4, -0.2) is 18.0 Å². The van der Waals surface area contributed by atoms with Crippen LogP contribution in [0, 0.1) is 0 Å². The van der Waals surface area contributed by atoms with Gasteiger partial charge in [-0.2, -0.15) is 0 Å². The molecule has 0 aliphatic rings. The van der Waals surface area contributed by atoms with E-state index in [0.717, 1.165) is 11.3 Å². The van der Waals surface area contributed by atoms with Crippen LogP contribution in [0.3, 0.4) is 0 Å². The largest absolute Gasteiger partial charge is 0.497 e. The first-order valence-electron chi connectivity index (χ1n) is 6.07. The van der Waals surface area contributed by atoms with E-state index in [2.05, 4.69) is 15.7 Å². The Morgan fingerprint density at radius 1 is 1.30 bits per heavy atom. The highest BCUT2D eigenvalue weighted by Crippen LogP contribution is 2.12. The molecular weight excluding hydrogens is 256 g/mol. The van der Waals surface area contributed by atoms with E-state index >= 15 is 0 Å². The lowest BCUT2D eigenvalue weighted by Gasteiger charge is -2.09.